The molecule has 1 aliphatic rings. The second kappa shape index (κ2) is 9.06. The van der Waals surface area contributed by atoms with Gasteiger partial charge in [-0.05, 0) is 24.3 Å². The quantitative estimate of drug-likeness (QED) is 0.683. The lowest BCUT2D eigenvalue weighted by atomic mass is 10.2. The van der Waals surface area contributed by atoms with Gasteiger partial charge in [0, 0.05) is 18.7 Å². The van der Waals surface area contributed by atoms with Gasteiger partial charge in [-0.3, -0.25) is 14.5 Å². The molecule has 150 valence electrons. The van der Waals surface area contributed by atoms with Crippen molar-refractivity contribution in [1.82, 2.24) is 4.90 Å². The highest BCUT2D eigenvalue weighted by molar-refractivity contribution is 8.16. The number of amides is 2. The average Bonchev–Trinajstić information content (AvgIpc) is 2.98. The van der Waals surface area contributed by atoms with Crippen molar-refractivity contribution >= 4 is 44.5 Å². The fraction of sp³-hybridized carbons (Fsp3) is 0.150. The minimum Gasteiger partial charge on any atom is -0.326 e. The summed E-state index contributed by atoms with van der Waals surface area (Å²) in [6.45, 7) is 3.71. The van der Waals surface area contributed by atoms with Crippen molar-refractivity contribution in [1.29, 1.82) is 0 Å². The molecule has 1 N–H and O–H groups in total. The molecule has 1 saturated heterocycles. The number of hydrogen-bond donors (Lipinski definition) is 1. The van der Waals surface area contributed by atoms with Gasteiger partial charge in [0.05, 0.1) is 4.90 Å². The van der Waals surface area contributed by atoms with Gasteiger partial charge < -0.3 is 5.32 Å². The van der Waals surface area contributed by atoms with E-state index in [-0.39, 0.29) is 34.8 Å². The maximum absolute atomic E-state index is 12.7. The Morgan fingerprint density at radius 3 is 2.38 bits per heavy atom. The van der Waals surface area contributed by atoms with E-state index in [1.807, 2.05) is 6.07 Å². The molecule has 1 atom stereocenters. The van der Waals surface area contributed by atoms with Gasteiger partial charge in [-0.1, -0.05) is 54.2 Å². The van der Waals surface area contributed by atoms with E-state index < -0.39 is 15.3 Å². The number of nitrogens with zero attached hydrogens (tertiary/aromatic N) is 2. The largest absolute Gasteiger partial charge is 0.326 e. The van der Waals surface area contributed by atoms with Gasteiger partial charge >= 0.3 is 0 Å². The Morgan fingerprint density at radius 2 is 1.76 bits per heavy atom. The number of thioether (sulfide) groups is 1. The van der Waals surface area contributed by atoms with Crippen LogP contribution in [0.1, 0.15) is 6.42 Å². The van der Waals surface area contributed by atoms with E-state index in [0.717, 1.165) is 11.8 Å². The molecule has 1 fully saturated rings. The molecule has 2 amide bonds. The summed E-state index contributed by atoms with van der Waals surface area (Å²) in [5.74, 6) is -0.715. The monoisotopic (exact) mass is 429 g/mol. The van der Waals surface area contributed by atoms with E-state index in [1.54, 1.807) is 42.5 Å². The molecule has 0 bridgehead atoms. The number of carbonyl (C=O) groups is 2. The summed E-state index contributed by atoms with van der Waals surface area (Å²) in [6, 6.07) is 16.6. The number of sulfonamides is 1. The maximum Gasteiger partial charge on any atom is 0.284 e. The minimum atomic E-state index is -3.98. The van der Waals surface area contributed by atoms with Crippen molar-refractivity contribution in [3.8, 4) is 0 Å². The predicted octanol–water partition coefficient (Wildman–Crippen LogP) is 2.89. The Balaban J connectivity index is 1.79. The molecule has 3 rings (SSSR count). The second-order valence-corrected chi connectivity index (χ2v) is 8.90. The van der Waals surface area contributed by atoms with Crippen LogP contribution in [0, 0.1) is 0 Å². The van der Waals surface area contributed by atoms with Crippen molar-refractivity contribution < 1.29 is 18.0 Å². The molecular weight excluding hydrogens is 410 g/mol. The molecule has 2 aromatic carbocycles. The Kier molecular flexibility index (Phi) is 6.50. The number of hydrogen-bond acceptors (Lipinski definition) is 5. The highest BCUT2D eigenvalue weighted by Gasteiger charge is 2.39. The molecule has 0 aliphatic carbocycles. The van der Waals surface area contributed by atoms with E-state index in [2.05, 4.69) is 16.3 Å². The summed E-state index contributed by atoms with van der Waals surface area (Å²) in [5.41, 5.74) is 0.622. The Labute approximate surface area is 173 Å². The maximum atomic E-state index is 12.7. The molecule has 29 heavy (non-hydrogen) atoms. The van der Waals surface area contributed by atoms with E-state index in [1.165, 1.54) is 23.1 Å². The number of para-hydroxylation sites is 1. The zero-order valence-electron chi connectivity index (χ0n) is 15.4. The lowest BCUT2D eigenvalue weighted by molar-refractivity contribution is -0.127. The van der Waals surface area contributed by atoms with E-state index in [0.29, 0.717) is 5.69 Å². The van der Waals surface area contributed by atoms with Crippen LogP contribution in [0.3, 0.4) is 0 Å². The first-order valence-corrected chi connectivity index (χ1v) is 11.1. The van der Waals surface area contributed by atoms with Crippen molar-refractivity contribution in [3.63, 3.8) is 0 Å². The van der Waals surface area contributed by atoms with Gasteiger partial charge in [-0.15, -0.1) is 11.0 Å². The van der Waals surface area contributed by atoms with Gasteiger partial charge in [0.15, 0.2) is 5.17 Å². The molecule has 0 spiro atoms. The van der Waals surface area contributed by atoms with Crippen molar-refractivity contribution in [3.05, 3.63) is 73.3 Å². The van der Waals surface area contributed by atoms with Crippen LogP contribution in [0.25, 0.3) is 0 Å². The summed E-state index contributed by atoms with van der Waals surface area (Å²) < 4.78 is 29.0. The van der Waals surface area contributed by atoms with E-state index in [4.69, 9.17) is 0 Å². The van der Waals surface area contributed by atoms with Crippen LogP contribution in [-0.4, -0.2) is 42.1 Å². The Hall–Kier alpha value is -2.91. The van der Waals surface area contributed by atoms with Crippen LogP contribution in [0.2, 0.25) is 0 Å². The van der Waals surface area contributed by atoms with Gasteiger partial charge in [0.2, 0.25) is 11.8 Å². The van der Waals surface area contributed by atoms with Crippen molar-refractivity contribution in [2.45, 2.75) is 16.6 Å². The number of nitrogens with one attached hydrogen (secondary N) is 1. The number of anilines is 1. The summed E-state index contributed by atoms with van der Waals surface area (Å²) in [4.78, 5) is 26.3. The van der Waals surface area contributed by atoms with Crippen LogP contribution >= 0.6 is 11.8 Å². The van der Waals surface area contributed by atoms with Gasteiger partial charge in [-0.25, -0.2) is 0 Å². The molecule has 0 radical (unpaired) electrons. The van der Waals surface area contributed by atoms with Crippen molar-refractivity contribution in [2.24, 2.45) is 4.40 Å². The molecular formula is C20H19N3O4S2. The Morgan fingerprint density at radius 1 is 1.14 bits per heavy atom. The second-order valence-electron chi connectivity index (χ2n) is 6.12. The standard InChI is InChI=1S/C20H19N3O4S2/c1-2-13-23-19(25)17(14-18(24)21-15-9-5-3-6-10-15)28-20(23)22-29(26,27)16-11-7-4-8-12-16/h2-12,17H,1,13-14H2,(H,21,24)/t17-/m1/s1. The smallest absolute Gasteiger partial charge is 0.284 e. The zero-order valence-corrected chi connectivity index (χ0v) is 17.0. The number of amidine groups is 1. The van der Waals surface area contributed by atoms with E-state index >= 15 is 0 Å². The van der Waals surface area contributed by atoms with Gasteiger partial charge in [0.25, 0.3) is 10.0 Å². The molecule has 2 aromatic rings. The molecule has 0 saturated carbocycles. The fourth-order valence-corrected chi connectivity index (χ4v) is 5.04. The number of benzene rings is 2. The summed E-state index contributed by atoms with van der Waals surface area (Å²) in [5, 5.41) is 2.00. The van der Waals surface area contributed by atoms with Crippen molar-refractivity contribution in [2.75, 3.05) is 11.9 Å². The Bertz CT molecular complexity index is 1040. The number of carbonyl (C=O) groups excluding carboxylic acids is 2. The SMILES string of the molecule is C=CCN1C(=O)[C@@H](CC(=O)Nc2ccccc2)SC1=NS(=O)(=O)c1ccccc1. The third-order valence-electron chi connectivity index (χ3n) is 4.00. The van der Waals surface area contributed by atoms with Gasteiger partial charge in [-0.2, -0.15) is 8.42 Å². The molecule has 7 nitrogen and oxygen atoms in total. The molecule has 0 aromatic heterocycles. The molecule has 1 aliphatic heterocycles. The highest BCUT2D eigenvalue weighted by Crippen LogP contribution is 2.31. The first-order chi connectivity index (χ1) is 13.9. The lowest BCUT2D eigenvalue weighted by Crippen LogP contribution is -2.33. The average molecular weight is 430 g/mol. The third kappa shape index (κ3) is 5.12. The van der Waals surface area contributed by atoms with E-state index in [9.17, 15) is 18.0 Å². The normalized spacial score (nSPS) is 18.1. The topological polar surface area (TPSA) is 95.9 Å². The van der Waals surface area contributed by atoms with Crippen LogP contribution in [0.15, 0.2) is 82.6 Å². The van der Waals surface area contributed by atoms with Crippen LogP contribution in [0.4, 0.5) is 5.69 Å². The number of rotatable bonds is 7. The van der Waals surface area contributed by atoms with Crippen LogP contribution in [-0.2, 0) is 19.6 Å². The predicted molar refractivity (Wildman–Crippen MR) is 114 cm³/mol. The highest BCUT2D eigenvalue weighted by atomic mass is 32.2. The van der Waals surface area contributed by atoms with Gasteiger partial charge in [0.1, 0.15) is 5.25 Å². The summed E-state index contributed by atoms with van der Waals surface area (Å²) in [6.07, 6.45) is 1.38. The summed E-state index contributed by atoms with van der Waals surface area (Å²) >= 11 is 0.966. The fourth-order valence-electron chi connectivity index (χ4n) is 2.66. The first-order valence-electron chi connectivity index (χ1n) is 8.74. The molecule has 0 unspecified atom stereocenters. The zero-order chi connectivity index (χ0) is 20.9. The van der Waals surface area contributed by atoms with Crippen LogP contribution < -0.4 is 5.32 Å². The summed E-state index contributed by atoms with van der Waals surface area (Å²) in [7, 11) is -3.98. The van der Waals surface area contributed by atoms with Crippen LogP contribution in [0.5, 0.6) is 0 Å². The molecule has 1 heterocycles. The molecule has 9 heteroatoms. The minimum absolute atomic E-state index is 0.0318. The third-order valence-corrected chi connectivity index (χ3v) is 6.57. The first kappa shape index (κ1) is 20.8. The lowest BCUT2D eigenvalue weighted by Gasteiger charge is -2.13.